The van der Waals surface area contributed by atoms with Crippen LogP contribution in [-0.2, 0) is 27.2 Å². The van der Waals surface area contributed by atoms with Crippen LogP contribution in [-0.4, -0.2) is 29.4 Å². The molecule has 0 aromatic heterocycles. The molecule has 0 aliphatic heterocycles. The first-order chi connectivity index (χ1) is 12.5. The molecule has 2 aromatic rings. The van der Waals surface area contributed by atoms with Crippen molar-refractivity contribution < 1.29 is 19.2 Å². The number of non-ortho nitro benzene ring substituents is 1. The standard InChI is InChI=1S/C19H20N2O5/c1-2-26-19(23)17(12-14-6-4-3-5-7-14)20-18(22)13-15-8-10-16(11-9-15)21(24)25/h3-11,17H,2,12-13H2,1H3,(H,20,22). The Labute approximate surface area is 151 Å². The molecule has 0 fully saturated rings. The molecule has 1 atom stereocenters. The van der Waals surface area contributed by atoms with Crippen LogP contribution in [0, 0.1) is 10.1 Å². The number of amides is 1. The molecular weight excluding hydrogens is 336 g/mol. The number of carbonyl (C=O) groups excluding carboxylic acids is 2. The Morgan fingerprint density at radius 3 is 2.31 bits per heavy atom. The Balaban J connectivity index is 2.02. The van der Waals surface area contributed by atoms with Crippen molar-refractivity contribution in [3.05, 3.63) is 75.8 Å². The fourth-order valence-electron chi connectivity index (χ4n) is 2.45. The summed E-state index contributed by atoms with van der Waals surface area (Å²) >= 11 is 0. The molecule has 7 heteroatoms. The van der Waals surface area contributed by atoms with E-state index in [0.29, 0.717) is 12.0 Å². The maximum absolute atomic E-state index is 12.3. The van der Waals surface area contributed by atoms with Gasteiger partial charge in [0, 0.05) is 18.6 Å². The second-order valence-corrected chi connectivity index (χ2v) is 5.66. The Hall–Kier alpha value is -3.22. The lowest BCUT2D eigenvalue weighted by molar-refractivity contribution is -0.384. The largest absolute Gasteiger partial charge is 0.464 e. The third-order valence-corrected chi connectivity index (χ3v) is 3.70. The quantitative estimate of drug-likeness (QED) is 0.445. The maximum Gasteiger partial charge on any atom is 0.328 e. The van der Waals surface area contributed by atoms with E-state index in [1.54, 1.807) is 6.92 Å². The molecular formula is C19H20N2O5. The number of benzene rings is 2. The fourth-order valence-corrected chi connectivity index (χ4v) is 2.45. The highest BCUT2D eigenvalue weighted by molar-refractivity contribution is 5.85. The van der Waals surface area contributed by atoms with Crippen molar-refractivity contribution in [3.63, 3.8) is 0 Å². The molecule has 0 aliphatic rings. The minimum atomic E-state index is -0.789. The molecule has 1 unspecified atom stereocenters. The predicted octanol–water partition coefficient (Wildman–Crippen LogP) is 2.43. The zero-order valence-corrected chi connectivity index (χ0v) is 14.4. The Morgan fingerprint density at radius 1 is 1.08 bits per heavy atom. The smallest absolute Gasteiger partial charge is 0.328 e. The van der Waals surface area contributed by atoms with Crippen molar-refractivity contribution in [2.24, 2.45) is 0 Å². The molecule has 7 nitrogen and oxygen atoms in total. The highest BCUT2D eigenvalue weighted by atomic mass is 16.6. The van der Waals surface area contributed by atoms with Crippen LogP contribution in [0.1, 0.15) is 18.1 Å². The zero-order chi connectivity index (χ0) is 18.9. The van der Waals surface area contributed by atoms with E-state index in [4.69, 9.17) is 4.74 Å². The molecule has 1 amide bonds. The van der Waals surface area contributed by atoms with Crippen LogP contribution in [0.25, 0.3) is 0 Å². The number of nitrogens with zero attached hydrogens (tertiary/aromatic N) is 1. The number of nitrogens with one attached hydrogen (secondary N) is 1. The lowest BCUT2D eigenvalue weighted by Gasteiger charge is -2.17. The summed E-state index contributed by atoms with van der Waals surface area (Å²) in [5.74, 6) is -0.846. The van der Waals surface area contributed by atoms with Gasteiger partial charge in [-0.2, -0.15) is 0 Å². The number of hydrogen-bond donors (Lipinski definition) is 1. The number of carbonyl (C=O) groups is 2. The van der Waals surface area contributed by atoms with Gasteiger partial charge in [0.15, 0.2) is 0 Å². The molecule has 136 valence electrons. The van der Waals surface area contributed by atoms with Gasteiger partial charge in [0.25, 0.3) is 5.69 Å². The Morgan fingerprint density at radius 2 is 1.73 bits per heavy atom. The van der Waals surface area contributed by atoms with Crippen molar-refractivity contribution in [2.75, 3.05) is 6.61 Å². The van der Waals surface area contributed by atoms with Crippen molar-refractivity contribution in [1.82, 2.24) is 5.32 Å². The average Bonchev–Trinajstić information content (AvgIpc) is 2.62. The lowest BCUT2D eigenvalue weighted by atomic mass is 10.1. The van der Waals surface area contributed by atoms with E-state index in [9.17, 15) is 19.7 Å². The van der Waals surface area contributed by atoms with Crippen molar-refractivity contribution >= 4 is 17.6 Å². The molecule has 2 aromatic carbocycles. The topological polar surface area (TPSA) is 98.5 Å². The van der Waals surface area contributed by atoms with Gasteiger partial charge in [0.2, 0.25) is 5.91 Å². The second kappa shape index (κ2) is 9.31. The van der Waals surface area contributed by atoms with Gasteiger partial charge >= 0.3 is 5.97 Å². The first-order valence-electron chi connectivity index (χ1n) is 8.23. The number of nitro benzene ring substituents is 1. The summed E-state index contributed by atoms with van der Waals surface area (Å²) in [6.45, 7) is 1.93. The van der Waals surface area contributed by atoms with Crippen LogP contribution in [0.2, 0.25) is 0 Å². The molecule has 0 radical (unpaired) electrons. The summed E-state index contributed by atoms with van der Waals surface area (Å²) in [5.41, 5.74) is 1.49. The van der Waals surface area contributed by atoms with Gasteiger partial charge in [0.1, 0.15) is 6.04 Å². The third kappa shape index (κ3) is 5.70. The van der Waals surface area contributed by atoms with E-state index in [0.717, 1.165) is 5.56 Å². The highest BCUT2D eigenvalue weighted by Crippen LogP contribution is 2.12. The van der Waals surface area contributed by atoms with E-state index >= 15 is 0 Å². The molecule has 26 heavy (non-hydrogen) atoms. The minimum absolute atomic E-state index is 0.0166. The van der Waals surface area contributed by atoms with Crippen LogP contribution in [0.3, 0.4) is 0 Å². The summed E-state index contributed by atoms with van der Waals surface area (Å²) in [4.78, 5) is 34.6. The molecule has 0 aliphatic carbocycles. The summed E-state index contributed by atoms with van der Waals surface area (Å²) in [7, 11) is 0. The first kappa shape index (κ1) is 19.1. The molecule has 2 rings (SSSR count). The van der Waals surface area contributed by atoms with Gasteiger partial charge in [-0.1, -0.05) is 42.5 Å². The van der Waals surface area contributed by atoms with Crippen molar-refractivity contribution in [2.45, 2.75) is 25.8 Å². The van der Waals surface area contributed by atoms with E-state index in [1.165, 1.54) is 24.3 Å². The normalized spacial score (nSPS) is 11.4. The Kier molecular flexibility index (Phi) is 6.84. The maximum atomic E-state index is 12.3. The van der Waals surface area contributed by atoms with Crippen LogP contribution in [0.4, 0.5) is 5.69 Å². The number of hydrogen-bond acceptors (Lipinski definition) is 5. The molecule has 0 spiro atoms. The molecule has 0 saturated carbocycles. The van der Waals surface area contributed by atoms with Gasteiger partial charge in [-0.3, -0.25) is 14.9 Å². The van der Waals surface area contributed by atoms with Gasteiger partial charge < -0.3 is 10.1 Å². The van der Waals surface area contributed by atoms with Crippen molar-refractivity contribution in [1.29, 1.82) is 0 Å². The zero-order valence-electron chi connectivity index (χ0n) is 14.4. The monoisotopic (exact) mass is 356 g/mol. The molecule has 0 heterocycles. The van der Waals surface area contributed by atoms with Crippen LogP contribution < -0.4 is 5.32 Å². The predicted molar refractivity (Wildman–Crippen MR) is 95.5 cm³/mol. The molecule has 0 saturated heterocycles. The van der Waals surface area contributed by atoms with Gasteiger partial charge in [-0.05, 0) is 18.1 Å². The minimum Gasteiger partial charge on any atom is -0.464 e. The Bertz CT molecular complexity index is 759. The SMILES string of the molecule is CCOC(=O)C(Cc1ccccc1)NC(=O)Cc1ccc([N+](=O)[O-])cc1. The highest BCUT2D eigenvalue weighted by Gasteiger charge is 2.22. The van der Waals surface area contributed by atoms with E-state index in [1.807, 2.05) is 30.3 Å². The van der Waals surface area contributed by atoms with E-state index < -0.39 is 16.9 Å². The first-order valence-corrected chi connectivity index (χ1v) is 8.23. The van der Waals surface area contributed by atoms with Gasteiger partial charge in [-0.15, -0.1) is 0 Å². The second-order valence-electron chi connectivity index (χ2n) is 5.66. The third-order valence-electron chi connectivity index (χ3n) is 3.70. The number of rotatable bonds is 8. The van der Waals surface area contributed by atoms with Gasteiger partial charge in [0.05, 0.1) is 18.0 Å². The lowest BCUT2D eigenvalue weighted by Crippen LogP contribution is -2.44. The summed E-state index contributed by atoms with van der Waals surface area (Å²) in [6.07, 6.45) is 0.342. The van der Waals surface area contributed by atoms with E-state index in [2.05, 4.69) is 5.32 Å². The summed E-state index contributed by atoms with van der Waals surface area (Å²) in [6, 6.07) is 14.3. The summed E-state index contributed by atoms with van der Waals surface area (Å²) in [5, 5.41) is 13.4. The van der Waals surface area contributed by atoms with Gasteiger partial charge in [-0.25, -0.2) is 4.79 Å². The number of ether oxygens (including phenoxy) is 1. The van der Waals surface area contributed by atoms with Crippen LogP contribution in [0.5, 0.6) is 0 Å². The number of nitro groups is 1. The molecule has 0 bridgehead atoms. The summed E-state index contributed by atoms with van der Waals surface area (Å²) < 4.78 is 5.04. The van der Waals surface area contributed by atoms with E-state index in [-0.39, 0.29) is 24.6 Å². The van der Waals surface area contributed by atoms with Crippen LogP contribution in [0.15, 0.2) is 54.6 Å². The number of esters is 1. The average molecular weight is 356 g/mol. The van der Waals surface area contributed by atoms with Crippen molar-refractivity contribution in [3.8, 4) is 0 Å². The van der Waals surface area contributed by atoms with Crippen LogP contribution >= 0.6 is 0 Å². The molecule has 1 N–H and O–H groups in total. The fraction of sp³-hybridized carbons (Fsp3) is 0.263.